The molecule has 7 heteroatoms. The summed E-state index contributed by atoms with van der Waals surface area (Å²) in [5.74, 6) is 1.20. The monoisotopic (exact) mass is 505 g/mol. The van der Waals surface area contributed by atoms with E-state index in [9.17, 15) is 14.7 Å². The highest BCUT2D eigenvalue weighted by Crippen LogP contribution is 2.50. The van der Waals surface area contributed by atoms with Gasteiger partial charge in [-0.25, -0.2) is 0 Å². The molecule has 2 aliphatic heterocycles. The van der Waals surface area contributed by atoms with Gasteiger partial charge in [-0.3, -0.25) is 14.5 Å². The predicted octanol–water partition coefficient (Wildman–Crippen LogP) is 4.76. The van der Waals surface area contributed by atoms with E-state index in [1.54, 1.807) is 6.07 Å². The van der Waals surface area contributed by atoms with Crippen LogP contribution in [0.1, 0.15) is 51.1 Å². The van der Waals surface area contributed by atoms with Gasteiger partial charge in [0, 0.05) is 12.5 Å². The van der Waals surface area contributed by atoms with Crippen LogP contribution in [-0.4, -0.2) is 47.7 Å². The van der Waals surface area contributed by atoms with Crippen molar-refractivity contribution in [2.24, 2.45) is 17.8 Å². The van der Waals surface area contributed by atoms with Gasteiger partial charge < -0.3 is 19.0 Å². The molecular weight excluding hydrogens is 470 g/mol. The van der Waals surface area contributed by atoms with Crippen molar-refractivity contribution in [2.75, 3.05) is 19.8 Å². The Labute approximate surface area is 217 Å². The molecule has 3 heterocycles. The number of nitrogens with zero attached hydrogens (tertiary/aromatic N) is 1. The normalized spacial score (nSPS) is 25.6. The molecule has 1 aromatic heterocycles. The molecule has 0 unspecified atom stereocenters. The number of ether oxygens (including phenoxy) is 2. The molecule has 2 aromatic rings. The van der Waals surface area contributed by atoms with Crippen LogP contribution in [0.25, 0.3) is 6.08 Å². The number of amides is 2. The first-order valence-corrected chi connectivity index (χ1v) is 13.2. The number of rotatable bonds is 10. The first kappa shape index (κ1) is 25.5. The molecule has 3 aliphatic rings. The quantitative estimate of drug-likeness (QED) is 0.370. The van der Waals surface area contributed by atoms with E-state index in [0.29, 0.717) is 31.9 Å². The van der Waals surface area contributed by atoms with E-state index in [2.05, 4.69) is 6.92 Å². The van der Waals surface area contributed by atoms with Crippen molar-refractivity contribution in [3.8, 4) is 5.75 Å². The summed E-state index contributed by atoms with van der Waals surface area (Å²) in [4.78, 5) is 28.0. The number of likely N-dealkylation sites (tertiary alicyclic amines) is 1. The number of hydrogen-bond donors (Lipinski definition) is 1. The van der Waals surface area contributed by atoms with Crippen LogP contribution in [0.15, 0.2) is 63.6 Å². The third kappa shape index (κ3) is 5.15. The minimum atomic E-state index is -0.337. The summed E-state index contributed by atoms with van der Waals surface area (Å²) in [5.41, 5.74) is 3.39. The molecule has 5 rings (SSSR count). The molecule has 2 fully saturated rings. The molecule has 1 N–H and O–H groups in total. The lowest BCUT2D eigenvalue weighted by atomic mass is 9.69. The first-order valence-electron chi connectivity index (χ1n) is 13.2. The van der Waals surface area contributed by atoms with Crippen LogP contribution in [-0.2, 0) is 20.9 Å². The van der Waals surface area contributed by atoms with Crippen molar-refractivity contribution in [3.05, 3.63) is 70.7 Å². The Bertz CT molecular complexity index is 1200. The zero-order chi connectivity index (χ0) is 25.9. The molecule has 1 aromatic carbocycles. The van der Waals surface area contributed by atoms with Crippen LogP contribution >= 0.6 is 0 Å². The Kier molecular flexibility index (Phi) is 7.63. The SMILES string of the molecule is CCCN1C(=O)[C@@H]2[C@@H](CC(COc3ccccc3)=C3[C@@H](CC/C(C)=C/c4ccc(CO)o4)OC[C@@H]32)C1=O. The van der Waals surface area contributed by atoms with Crippen molar-refractivity contribution in [2.45, 2.75) is 52.2 Å². The van der Waals surface area contributed by atoms with E-state index in [0.717, 1.165) is 47.5 Å². The molecule has 2 saturated heterocycles. The summed E-state index contributed by atoms with van der Waals surface area (Å²) in [5, 5.41) is 9.24. The predicted molar refractivity (Wildman–Crippen MR) is 138 cm³/mol. The number of aliphatic hydroxyl groups is 1. The summed E-state index contributed by atoms with van der Waals surface area (Å²) in [6.45, 7) is 5.24. The Morgan fingerprint density at radius 1 is 1.14 bits per heavy atom. The summed E-state index contributed by atoms with van der Waals surface area (Å²) in [7, 11) is 0. The number of para-hydroxylation sites is 1. The average Bonchev–Trinajstić information content (AvgIpc) is 3.60. The smallest absolute Gasteiger partial charge is 0.233 e. The number of carbonyl (C=O) groups is 2. The zero-order valence-electron chi connectivity index (χ0n) is 21.5. The van der Waals surface area contributed by atoms with Crippen LogP contribution < -0.4 is 4.74 Å². The molecule has 196 valence electrons. The molecule has 37 heavy (non-hydrogen) atoms. The molecule has 0 bridgehead atoms. The van der Waals surface area contributed by atoms with Gasteiger partial charge in [0.1, 0.15) is 30.5 Å². The van der Waals surface area contributed by atoms with Crippen LogP contribution in [0.4, 0.5) is 0 Å². The number of hydrogen-bond acceptors (Lipinski definition) is 6. The number of allylic oxidation sites excluding steroid dienone is 1. The Morgan fingerprint density at radius 2 is 1.95 bits per heavy atom. The van der Waals surface area contributed by atoms with E-state index in [-0.39, 0.29) is 42.3 Å². The molecule has 7 nitrogen and oxygen atoms in total. The van der Waals surface area contributed by atoms with Gasteiger partial charge in [-0.05, 0) is 74.1 Å². The second-order valence-electron chi connectivity index (χ2n) is 10.2. The Hall–Kier alpha value is -3.16. The minimum Gasteiger partial charge on any atom is -0.489 e. The van der Waals surface area contributed by atoms with Gasteiger partial charge in [0.05, 0.1) is 24.5 Å². The second-order valence-corrected chi connectivity index (χ2v) is 10.2. The number of aliphatic hydroxyl groups excluding tert-OH is 1. The minimum absolute atomic E-state index is 0.0415. The fraction of sp³-hybridized carbons (Fsp3) is 0.467. The van der Waals surface area contributed by atoms with E-state index < -0.39 is 0 Å². The molecule has 4 atom stereocenters. The summed E-state index contributed by atoms with van der Waals surface area (Å²) in [6.07, 6.45) is 4.74. The summed E-state index contributed by atoms with van der Waals surface area (Å²) >= 11 is 0. The largest absolute Gasteiger partial charge is 0.489 e. The van der Waals surface area contributed by atoms with E-state index in [4.69, 9.17) is 13.9 Å². The zero-order valence-corrected chi connectivity index (χ0v) is 21.5. The molecule has 0 spiro atoms. The number of benzene rings is 1. The fourth-order valence-electron chi connectivity index (χ4n) is 6.03. The van der Waals surface area contributed by atoms with Gasteiger partial charge >= 0.3 is 0 Å². The van der Waals surface area contributed by atoms with E-state index in [1.807, 2.05) is 49.4 Å². The fourth-order valence-corrected chi connectivity index (χ4v) is 6.03. The highest BCUT2D eigenvalue weighted by atomic mass is 16.5. The van der Waals surface area contributed by atoms with Gasteiger partial charge in [0.15, 0.2) is 0 Å². The van der Waals surface area contributed by atoms with Gasteiger partial charge in [0.2, 0.25) is 11.8 Å². The third-order valence-electron chi connectivity index (χ3n) is 7.73. The van der Waals surface area contributed by atoms with Crippen LogP contribution in [0, 0.1) is 17.8 Å². The standard InChI is InChI=1S/C30H35NO6/c1-3-13-31-29(33)24-15-20(17-35-21-7-5-4-6-8-21)27-25(28(24)30(31)34)18-36-26(27)12-9-19(2)14-22-10-11-23(16-32)37-22/h4-8,10-11,14,24-26,28,32H,3,9,12-13,15-18H2,1-2H3/b19-14+/t24-,25+,26-,28-/m1/s1. The first-order chi connectivity index (χ1) is 18.0. The molecule has 0 radical (unpaired) electrons. The average molecular weight is 506 g/mol. The van der Waals surface area contributed by atoms with E-state index >= 15 is 0 Å². The maximum absolute atomic E-state index is 13.3. The van der Waals surface area contributed by atoms with Crippen molar-refractivity contribution in [3.63, 3.8) is 0 Å². The number of fused-ring (bicyclic) bond motifs is 3. The number of carbonyl (C=O) groups excluding carboxylic acids is 2. The topological polar surface area (TPSA) is 89.2 Å². The van der Waals surface area contributed by atoms with Gasteiger partial charge in [0.25, 0.3) is 0 Å². The lowest BCUT2D eigenvalue weighted by Gasteiger charge is -2.31. The summed E-state index contributed by atoms with van der Waals surface area (Å²) in [6, 6.07) is 13.3. The second kappa shape index (κ2) is 11.1. The lowest BCUT2D eigenvalue weighted by Crippen LogP contribution is -2.35. The highest BCUT2D eigenvalue weighted by Gasteiger charge is 2.56. The van der Waals surface area contributed by atoms with Gasteiger partial charge in [-0.1, -0.05) is 30.7 Å². The van der Waals surface area contributed by atoms with Crippen molar-refractivity contribution in [1.29, 1.82) is 0 Å². The summed E-state index contributed by atoms with van der Waals surface area (Å²) < 4.78 is 18.0. The molecular formula is C30H35NO6. The highest BCUT2D eigenvalue weighted by molar-refractivity contribution is 6.05. The molecule has 2 amide bonds. The van der Waals surface area contributed by atoms with Crippen LogP contribution in [0.3, 0.4) is 0 Å². The molecule has 0 saturated carbocycles. The van der Waals surface area contributed by atoms with Crippen molar-refractivity contribution >= 4 is 17.9 Å². The Balaban J connectivity index is 1.37. The number of furan rings is 1. The van der Waals surface area contributed by atoms with Crippen molar-refractivity contribution in [1.82, 2.24) is 4.90 Å². The molecule has 1 aliphatic carbocycles. The number of imide groups is 1. The third-order valence-corrected chi connectivity index (χ3v) is 7.73. The maximum atomic E-state index is 13.3. The van der Waals surface area contributed by atoms with Crippen LogP contribution in [0.5, 0.6) is 5.75 Å². The van der Waals surface area contributed by atoms with Gasteiger partial charge in [-0.15, -0.1) is 0 Å². The lowest BCUT2D eigenvalue weighted by molar-refractivity contribution is -0.140. The Morgan fingerprint density at radius 3 is 2.68 bits per heavy atom. The van der Waals surface area contributed by atoms with Crippen LogP contribution in [0.2, 0.25) is 0 Å². The van der Waals surface area contributed by atoms with E-state index in [1.165, 1.54) is 4.90 Å². The maximum Gasteiger partial charge on any atom is 0.233 e. The van der Waals surface area contributed by atoms with Gasteiger partial charge in [-0.2, -0.15) is 0 Å². The van der Waals surface area contributed by atoms with Crippen molar-refractivity contribution < 1.29 is 28.6 Å².